The Bertz CT molecular complexity index is 1500. The van der Waals surface area contributed by atoms with E-state index in [0.29, 0.717) is 72.5 Å². The van der Waals surface area contributed by atoms with Gasteiger partial charge in [-0.3, -0.25) is 14.9 Å². The molecule has 3 fully saturated rings. The number of nitrogens with one attached hydrogen (secondary N) is 2. The first-order chi connectivity index (χ1) is 20.8. The summed E-state index contributed by atoms with van der Waals surface area (Å²) in [4.78, 5) is 36.9. The zero-order chi connectivity index (χ0) is 30.1. The van der Waals surface area contributed by atoms with Crippen molar-refractivity contribution in [2.24, 2.45) is 0 Å². The first-order valence-electron chi connectivity index (χ1n) is 14.8. The fraction of sp³-hybridized carbons (Fsp3) is 0.382. The number of carbonyl (C=O) groups is 3. The number of aldehydes is 1. The number of anilines is 2. The molecule has 2 N–H and O–H groups in total. The van der Waals surface area contributed by atoms with Crippen molar-refractivity contribution >= 4 is 29.7 Å². The lowest BCUT2D eigenvalue weighted by molar-refractivity contribution is -0.938. The number of nitrogens with zero attached hydrogens (tertiary/aromatic N) is 1. The van der Waals surface area contributed by atoms with Crippen LogP contribution in [0.1, 0.15) is 41.6 Å². The van der Waals surface area contributed by atoms with Crippen LogP contribution < -0.4 is 15.4 Å². The third-order valence-electron chi connectivity index (χ3n) is 9.23. The number of methoxy groups -OCH3 is 1. The van der Waals surface area contributed by atoms with Crippen molar-refractivity contribution in [3.8, 4) is 16.9 Å². The van der Waals surface area contributed by atoms with Gasteiger partial charge in [-0.1, -0.05) is 42.5 Å². The van der Waals surface area contributed by atoms with Gasteiger partial charge in [-0.05, 0) is 42.2 Å². The molecule has 9 heteroatoms. The Kier molecular flexibility index (Phi) is 7.94. The summed E-state index contributed by atoms with van der Waals surface area (Å²) in [5.41, 5.74) is 4.58. The van der Waals surface area contributed by atoms with Crippen LogP contribution in [0.4, 0.5) is 16.2 Å². The van der Waals surface area contributed by atoms with Crippen LogP contribution in [0.5, 0.6) is 5.75 Å². The first kappa shape index (κ1) is 28.9. The Hall–Kier alpha value is -4.21. The van der Waals surface area contributed by atoms with E-state index in [2.05, 4.69) is 24.7 Å². The summed E-state index contributed by atoms with van der Waals surface area (Å²) in [7, 11) is 5.99. The number of carbonyl (C=O) groups excluding carboxylic acids is 3. The van der Waals surface area contributed by atoms with Gasteiger partial charge in [-0.15, -0.1) is 0 Å². The molecule has 0 saturated carbocycles. The minimum absolute atomic E-state index is 0.130. The smallest absolute Gasteiger partial charge is 0.411 e. The number of hydrogen-bond acceptors (Lipinski definition) is 6. The highest BCUT2D eigenvalue weighted by molar-refractivity contribution is 5.93. The first-order valence-corrected chi connectivity index (χ1v) is 14.8. The van der Waals surface area contributed by atoms with Crippen molar-refractivity contribution in [1.82, 2.24) is 0 Å². The number of likely N-dealkylation sites (N-methyl/N-ethyl adjacent to an activating group) is 1. The molecule has 0 radical (unpaired) electrons. The SMILES string of the molecule is COc1cc(NC(=O)CCCc2ccc(-c3ccccc3)c(NC(=O)OC3C[C@@H]4[C@H]5O[C@H]5[C@H](C3)[N+]4(C)C)c2)ccc1C=O. The number of morpholine rings is 1. The summed E-state index contributed by atoms with van der Waals surface area (Å²) in [5.74, 6) is 0.282. The fourth-order valence-corrected chi connectivity index (χ4v) is 6.87. The standard InChI is InChI=1S/C34H37N3O6/c1-37(2)28-18-25(19-29(37)33-32(28)43-33)42-34(40)36-27-16-21(12-15-26(27)22-9-5-4-6-10-22)8-7-11-31(39)35-24-14-13-23(20-38)30(17-24)41-3/h4-6,9-10,12-17,20,25,28-29,32-33H,7-8,11,18-19H2,1-3H3,(H-,35,36,38,39,40)/p+1/t25?,28-,29+,32-,33+. The fourth-order valence-electron chi connectivity index (χ4n) is 6.87. The van der Waals surface area contributed by atoms with E-state index in [9.17, 15) is 14.4 Å². The predicted octanol–water partition coefficient (Wildman–Crippen LogP) is 5.44. The Morgan fingerprint density at radius 1 is 0.977 bits per heavy atom. The number of fused-ring (bicyclic) bond motifs is 5. The number of aryl methyl sites for hydroxylation is 1. The molecule has 3 aliphatic heterocycles. The zero-order valence-corrected chi connectivity index (χ0v) is 24.7. The molecular formula is C34H38N3O6+. The van der Waals surface area contributed by atoms with E-state index in [1.165, 1.54) is 7.11 Å². The molecule has 3 aromatic carbocycles. The van der Waals surface area contributed by atoms with Crippen molar-refractivity contribution in [2.75, 3.05) is 31.8 Å². The minimum Gasteiger partial charge on any atom is -0.496 e. The third kappa shape index (κ3) is 6.00. The Balaban J connectivity index is 1.09. The molecule has 0 aromatic heterocycles. The third-order valence-corrected chi connectivity index (χ3v) is 9.23. The minimum atomic E-state index is -0.448. The van der Waals surface area contributed by atoms with Crippen molar-refractivity contribution in [3.63, 3.8) is 0 Å². The number of amides is 2. The molecule has 0 aliphatic carbocycles. The lowest BCUT2D eigenvalue weighted by Gasteiger charge is -2.45. The van der Waals surface area contributed by atoms with Crippen LogP contribution in [-0.2, 0) is 20.7 Å². The van der Waals surface area contributed by atoms with Gasteiger partial charge < -0.3 is 24.0 Å². The second-order valence-electron chi connectivity index (χ2n) is 12.2. The Morgan fingerprint density at radius 3 is 2.42 bits per heavy atom. The average Bonchev–Trinajstić information content (AvgIpc) is 3.76. The lowest BCUT2D eigenvalue weighted by atomic mass is 9.96. The number of benzene rings is 3. The predicted molar refractivity (Wildman–Crippen MR) is 163 cm³/mol. The van der Waals surface area contributed by atoms with Crippen LogP contribution in [-0.4, -0.2) is 74.4 Å². The largest absolute Gasteiger partial charge is 0.496 e. The van der Waals surface area contributed by atoms with Crippen molar-refractivity contribution < 1.29 is 33.1 Å². The van der Waals surface area contributed by atoms with Gasteiger partial charge in [0.2, 0.25) is 5.91 Å². The van der Waals surface area contributed by atoms with E-state index in [1.54, 1.807) is 18.2 Å². The molecule has 6 rings (SSSR count). The number of epoxide rings is 1. The molecule has 2 amide bonds. The molecule has 3 aromatic rings. The van der Waals surface area contributed by atoms with Crippen molar-refractivity contribution in [1.29, 1.82) is 0 Å². The summed E-state index contributed by atoms with van der Waals surface area (Å²) < 4.78 is 18.0. The number of rotatable bonds is 10. The summed E-state index contributed by atoms with van der Waals surface area (Å²) in [5, 5.41) is 5.89. The molecular weight excluding hydrogens is 546 g/mol. The van der Waals surface area contributed by atoms with Gasteiger partial charge in [-0.25, -0.2) is 4.79 Å². The molecule has 5 atom stereocenters. The number of piperidine rings is 1. The maximum absolute atomic E-state index is 13.2. The van der Waals surface area contributed by atoms with E-state index in [1.807, 2.05) is 48.5 Å². The van der Waals surface area contributed by atoms with Gasteiger partial charge in [0.25, 0.3) is 0 Å². The van der Waals surface area contributed by atoms with Gasteiger partial charge in [-0.2, -0.15) is 0 Å². The highest BCUT2D eigenvalue weighted by Gasteiger charge is 2.70. The average molecular weight is 585 g/mol. The van der Waals surface area contributed by atoms with E-state index >= 15 is 0 Å². The highest BCUT2D eigenvalue weighted by atomic mass is 16.6. The van der Waals surface area contributed by atoms with Crippen LogP contribution in [0, 0.1) is 0 Å². The lowest BCUT2D eigenvalue weighted by Crippen LogP contribution is -2.60. The second-order valence-corrected chi connectivity index (χ2v) is 12.2. The maximum Gasteiger partial charge on any atom is 0.411 e. The number of hydrogen-bond donors (Lipinski definition) is 2. The highest BCUT2D eigenvalue weighted by Crippen LogP contribution is 2.51. The monoisotopic (exact) mass is 584 g/mol. The molecule has 43 heavy (non-hydrogen) atoms. The quantitative estimate of drug-likeness (QED) is 0.187. The Labute approximate surface area is 251 Å². The molecule has 2 bridgehead atoms. The van der Waals surface area contributed by atoms with E-state index in [0.717, 1.165) is 34.0 Å². The summed E-state index contributed by atoms with van der Waals surface area (Å²) in [6, 6.07) is 21.6. The second kappa shape index (κ2) is 11.8. The topological polar surface area (TPSA) is 106 Å². The number of quaternary nitrogens is 1. The van der Waals surface area contributed by atoms with Gasteiger partial charge in [0, 0.05) is 36.6 Å². The summed E-state index contributed by atoms with van der Waals surface area (Å²) in [6.07, 6.45) is 3.93. The van der Waals surface area contributed by atoms with Crippen LogP contribution >= 0.6 is 0 Å². The molecule has 9 nitrogen and oxygen atoms in total. The van der Waals surface area contributed by atoms with Crippen molar-refractivity contribution in [2.45, 2.75) is 62.5 Å². The molecule has 224 valence electrons. The normalized spacial score (nSPS) is 24.4. The molecule has 0 spiro atoms. The maximum atomic E-state index is 13.2. The van der Waals surface area contributed by atoms with Crippen LogP contribution in [0.3, 0.4) is 0 Å². The van der Waals surface area contributed by atoms with Crippen LogP contribution in [0.25, 0.3) is 11.1 Å². The van der Waals surface area contributed by atoms with Crippen molar-refractivity contribution in [3.05, 3.63) is 77.9 Å². The molecule has 3 heterocycles. The van der Waals surface area contributed by atoms with Gasteiger partial charge in [0.05, 0.1) is 32.5 Å². The Morgan fingerprint density at radius 2 is 1.72 bits per heavy atom. The van der Waals surface area contributed by atoms with Gasteiger partial charge in [0.1, 0.15) is 36.1 Å². The van der Waals surface area contributed by atoms with Gasteiger partial charge >= 0.3 is 6.09 Å². The van der Waals surface area contributed by atoms with Gasteiger partial charge in [0.15, 0.2) is 6.29 Å². The number of ether oxygens (including phenoxy) is 3. The molecule has 1 unspecified atom stereocenters. The summed E-state index contributed by atoms with van der Waals surface area (Å²) >= 11 is 0. The molecule has 3 aliphatic rings. The van der Waals surface area contributed by atoms with Crippen LogP contribution in [0.15, 0.2) is 66.7 Å². The van der Waals surface area contributed by atoms with Crippen LogP contribution in [0.2, 0.25) is 0 Å². The molecule has 3 saturated heterocycles. The summed E-state index contributed by atoms with van der Waals surface area (Å²) in [6.45, 7) is 0. The van der Waals surface area contributed by atoms with E-state index in [4.69, 9.17) is 14.2 Å². The van der Waals surface area contributed by atoms with E-state index in [-0.39, 0.29) is 12.0 Å². The zero-order valence-electron chi connectivity index (χ0n) is 24.7. The van der Waals surface area contributed by atoms with E-state index < -0.39 is 6.09 Å².